The number of hydrogen-bond acceptors (Lipinski definition) is 3. The molecule has 2 rings (SSSR count). The first-order chi connectivity index (χ1) is 6.77. The topological polar surface area (TPSA) is 28.2 Å². The van der Waals surface area contributed by atoms with E-state index in [1.807, 2.05) is 4.90 Å². The molecule has 0 amide bonds. The molecule has 1 saturated heterocycles. The van der Waals surface area contributed by atoms with E-state index in [0.717, 1.165) is 19.6 Å². The summed E-state index contributed by atoms with van der Waals surface area (Å²) in [7, 11) is 0. The van der Waals surface area contributed by atoms with Gasteiger partial charge >= 0.3 is 0 Å². The third kappa shape index (κ3) is 2.79. The number of rotatable bonds is 1. The lowest BCUT2D eigenvalue weighted by Crippen LogP contribution is -2.49. The fourth-order valence-electron chi connectivity index (χ4n) is 1.76. The van der Waals surface area contributed by atoms with E-state index in [0.29, 0.717) is 11.7 Å². The van der Waals surface area contributed by atoms with Gasteiger partial charge in [-0.15, -0.1) is 12.4 Å². The lowest BCUT2D eigenvalue weighted by Gasteiger charge is -2.33. The molecule has 1 N–H and O–H groups in total. The molecule has 1 aromatic heterocycles. The van der Waals surface area contributed by atoms with E-state index in [-0.39, 0.29) is 18.4 Å². The second-order valence-corrected chi connectivity index (χ2v) is 3.61. The summed E-state index contributed by atoms with van der Waals surface area (Å²) in [5.41, 5.74) is 0.612. The minimum absolute atomic E-state index is 0. The maximum Gasteiger partial charge on any atom is 0.236 e. The standard InChI is InChI=1S/C10H14FN3.ClH/c1-8-7-14(6-5-12-8)9-3-2-4-13-10(9)11;/h2-4,8,12H,5-7H2,1H3;1H. The highest BCUT2D eigenvalue weighted by atomic mass is 35.5. The van der Waals surface area contributed by atoms with Crippen molar-refractivity contribution in [2.75, 3.05) is 24.5 Å². The summed E-state index contributed by atoms with van der Waals surface area (Å²) < 4.78 is 13.3. The van der Waals surface area contributed by atoms with Gasteiger partial charge in [0.25, 0.3) is 0 Å². The van der Waals surface area contributed by atoms with E-state index >= 15 is 0 Å². The molecule has 2 heterocycles. The van der Waals surface area contributed by atoms with E-state index in [2.05, 4.69) is 17.2 Å². The van der Waals surface area contributed by atoms with Crippen LogP contribution >= 0.6 is 12.4 Å². The van der Waals surface area contributed by atoms with Crippen LogP contribution < -0.4 is 10.2 Å². The van der Waals surface area contributed by atoms with Crippen molar-refractivity contribution < 1.29 is 4.39 Å². The van der Waals surface area contributed by atoms with Crippen LogP contribution in [-0.2, 0) is 0 Å². The highest BCUT2D eigenvalue weighted by Gasteiger charge is 2.18. The Balaban J connectivity index is 0.00000112. The Morgan fingerprint density at radius 3 is 3.07 bits per heavy atom. The zero-order chi connectivity index (χ0) is 9.97. The minimum atomic E-state index is -0.374. The van der Waals surface area contributed by atoms with Crippen LogP contribution in [0.2, 0.25) is 0 Å². The molecule has 0 radical (unpaired) electrons. The van der Waals surface area contributed by atoms with Crippen LogP contribution in [-0.4, -0.2) is 30.7 Å². The van der Waals surface area contributed by atoms with Crippen molar-refractivity contribution in [1.29, 1.82) is 0 Å². The molecule has 0 aliphatic carbocycles. The summed E-state index contributed by atoms with van der Waals surface area (Å²) >= 11 is 0. The van der Waals surface area contributed by atoms with Gasteiger partial charge in [-0.25, -0.2) is 4.98 Å². The average Bonchev–Trinajstić information content (AvgIpc) is 2.18. The molecule has 0 bridgehead atoms. The van der Waals surface area contributed by atoms with Crippen LogP contribution in [0.25, 0.3) is 0 Å². The highest BCUT2D eigenvalue weighted by Crippen LogP contribution is 2.17. The first kappa shape index (κ1) is 12.2. The Hall–Kier alpha value is -0.870. The van der Waals surface area contributed by atoms with Crippen LogP contribution in [0, 0.1) is 5.95 Å². The van der Waals surface area contributed by atoms with Gasteiger partial charge in [-0.3, -0.25) is 0 Å². The molecule has 0 spiro atoms. The molecule has 0 saturated carbocycles. The molecular weight excluding hydrogens is 217 g/mol. The van der Waals surface area contributed by atoms with Crippen LogP contribution in [0.1, 0.15) is 6.92 Å². The number of nitrogens with zero attached hydrogens (tertiary/aromatic N) is 2. The van der Waals surface area contributed by atoms with Crippen molar-refractivity contribution in [1.82, 2.24) is 10.3 Å². The fraction of sp³-hybridized carbons (Fsp3) is 0.500. The summed E-state index contributed by atoms with van der Waals surface area (Å²) in [6, 6.07) is 3.95. The lowest BCUT2D eigenvalue weighted by molar-refractivity contribution is 0.475. The van der Waals surface area contributed by atoms with Crippen molar-refractivity contribution >= 4 is 18.1 Å². The number of anilines is 1. The monoisotopic (exact) mass is 231 g/mol. The number of pyridine rings is 1. The van der Waals surface area contributed by atoms with Gasteiger partial charge in [0.1, 0.15) is 0 Å². The van der Waals surface area contributed by atoms with E-state index in [4.69, 9.17) is 0 Å². The van der Waals surface area contributed by atoms with Crippen LogP contribution in [0.5, 0.6) is 0 Å². The molecule has 1 aliphatic heterocycles. The first-order valence-corrected chi connectivity index (χ1v) is 4.86. The Morgan fingerprint density at radius 1 is 1.60 bits per heavy atom. The fourth-order valence-corrected chi connectivity index (χ4v) is 1.76. The van der Waals surface area contributed by atoms with Gasteiger partial charge < -0.3 is 10.2 Å². The molecular formula is C10H15ClFN3. The van der Waals surface area contributed by atoms with Crippen molar-refractivity contribution in [2.24, 2.45) is 0 Å². The highest BCUT2D eigenvalue weighted by molar-refractivity contribution is 5.85. The number of aromatic nitrogens is 1. The smallest absolute Gasteiger partial charge is 0.236 e. The van der Waals surface area contributed by atoms with E-state index in [9.17, 15) is 4.39 Å². The minimum Gasteiger partial charge on any atom is -0.365 e. The third-order valence-electron chi connectivity index (χ3n) is 2.45. The molecule has 1 fully saturated rings. The van der Waals surface area contributed by atoms with Crippen molar-refractivity contribution in [3.8, 4) is 0 Å². The number of halogens is 2. The zero-order valence-electron chi connectivity index (χ0n) is 8.61. The van der Waals surface area contributed by atoms with Crippen LogP contribution in [0.3, 0.4) is 0 Å². The SMILES string of the molecule is CC1CN(c2cccnc2F)CCN1.Cl. The van der Waals surface area contributed by atoms with Gasteiger partial charge in [0, 0.05) is 31.9 Å². The number of piperazine rings is 1. The van der Waals surface area contributed by atoms with Gasteiger partial charge in [-0.05, 0) is 19.1 Å². The molecule has 1 unspecified atom stereocenters. The van der Waals surface area contributed by atoms with Crippen molar-refractivity contribution in [2.45, 2.75) is 13.0 Å². The summed E-state index contributed by atoms with van der Waals surface area (Å²) in [6.45, 7) is 4.67. The average molecular weight is 232 g/mol. The van der Waals surface area contributed by atoms with E-state index < -0.39 is 0 Å². The lowest BCUT2D eigenvalue weighted by atomic mass is 10.2. The quantitative estimate of drug-likeness (QED) is 0.742. The Labute approximate surface area is 95.1 Å². The van der Waals surface area contributed by atoms with E-state index in [1.165, 1.54) is 6.20 Å². The molecule has 0 aromatic carbocycles. The van der Waals surface area contributed by atoms with E-state index in [1.54, 1.807) is 12.1 Å². The molecule has 15 heavy (non-hydrogen) atoms. The van der Waals surface area contributed by atoms with Gasteiger partial charge in [0.15, 0.2) is 0 Å². The predicted molar refractivity (Wildman–Crippen MR) is 61.1 cm³/mol. The van der Waals surface area contributed by atoms with Gasteiger partial charge in [0.05, 0.1) is 5.69 Å². The Kier molecular flexibility index (Phi) is 4.29. The molecule has 84 valence electrons. The van der Waals surface area contributed by atoms with Gasteiger partial charge in [-0.2, -0.15) is 4.39 Å². The molecule has 1 atom stereocenters. The van der Waals surface area contributed by atoms with Gasteiger partial charge in [0.2, 0.25) is 5.95 Å². The predicted octanol–water partition coefficient (Wildman–Crippen LogP) is 1.44. The second-order valence-electron chi connectivity index (χ2n) is 3.61. The summed E-state index contributed by atoms with van der Waals surface area (Å²) in [6.07, 6.45) is 1.48. The molecule has 5 heteroatoms. The summed E-state index contributed by atoms with van der Waals surface area (Å²) in [5, 5.41) is 3.32. The summed E-state index contributed by atoms with van der Waals surface area (Å²) in [4.78, 5) is 5.68. The molecule has 1 aromatic rings. The summed E-state index contributed by atoms with van der Waals surface area (Å²) in [5.74, 6) is -0.374. The van der Waals surface area contributed by atoms with Crippen molar-refractivity contribution in [3.63, 3.8) is 0 Å². The van der Waals surface area contributed by atoms with Crippen LogP contribution in [0.15, 0.2) is 18.3 Å². The zero-order valence-corrected chi connectivity index (χ0v) is 9.43. The Bertz CT molecular complexity index is 321. The second kappa shape index (κ2) is 5.28. The van der Waals surface area contributed by atoms with Crippen LogP contribution in [0.4, 0.5) is 10.1 Å². The maximum absolute atomic E-state index is 13.3. The first-order valence-electron chi connectivity index (χ1n) is 4.86. The van der Waals surface area contributed by atoms with Crippen molar-refractivity contribution in [3.05, 3.63) is 24.3 Å². The third-order valence-corrected chi connectivity index (χ3v) is 2.45. The Morgan fingerprint density at radius 2 is 2.40 bits per heavy atom. The number of nitrogens with one attached hydrogen (secondary N) is 1. The number of hydrogen-bond donors (Lipinski definition) is 1. The molecule has 1 aliphatic rings. The molecule has 3 nitrogen and oxygen atoms in total. The van der Waals surface area contributed by atoms with Gasteiger partial charge in [-0.1, -0.05) is 0 Å². The normalized spacial score (nSPS) is 20.9. The largest absolute Gasteiger partial charge is 0.365 e. The maximum atomic E-state index is 13.3.